The van der Waals surface area contributed by atoms with Gasteiger partial charge in [0, 0.05) is 37.4 Å². The van der Waals surface area contributed by atoms with Gasteiger partial charge < -0.3 is 15.8 Å². The first kappa shape index (κ1) is 14.4. The van der Waals surface area contributed by atoms with Crippen molar-refractivity contribution in [1.29, 1.82) is 0 Å². The number of anilines is 2. The molecule has 2 aliphatic rings. The van der Waals surface area contributed by atoms with Crippen molar-refractivity contribution in [3.8, 4) is 0 Å². The summed E-state index contributed by atoms with van der Waals surface area (Å²) in [6, 6.07) is 5.54. The second kappa shape index (κ2) is 6.03. The van der Waals surface area contributed by atoms with E-state index in [1.807, 2.05) is 25.1 Å². The van der Waals surface area contributed by atoms with Gasteiger partial charge in [-0.1, -0.05) is 0 Å². The molecular formula is C16H23N3O2. The molecule has 1 aromatic carbocycles. The number of amides is 1. The van der Waals surface area contributed by atoms with Crippen LogP contribution in [-0.2, 0) is 9.53 Å². The monoisotopic (exact) mass is 289 g/mol. The number of fused-ring (bicyclic) bond motifs is 2. The topological polar surface area (TPSA) is 67.6 Å². The fourth-order valence-corrected chi connectivity index (χ4v) is 3.18. The summed E-state index contributed by atoms with van der Waals surface area (Å²) in [6.07, 6.45) is 3.61. The van der Waals surface area contributed by atoms with E-state index >= 15 is 0 Å². The molecule has 1 amide bonds. The van der Waals surface area contributed by atoms with Crippen molar-refractivity contribution in [3.05, 3.63) is 23.8 Å². The number of nitrogens with zero attached hydrogens (tertiary/aromatic N) is 1. The van der Waals surface area contributed by atoms with Gasteiger partial charge in [-0.15, -0.1) is 0 Å². The van der Waals surface area contributed by atoms with Crippen LogP contribution in [0.25, 0.3) is 0 Å². The number of ether oxygens (including phenoxy) is 1. The first-order valence-electron chi connectivity index (χ1n) is 7.64. The Balaban J connectivity index is 1.48. The van der Waals surface area contributed by atoms with Crippen LogP contribution >= 0.6 is 0 Å². The van der Waals surface area contributed by atoms with E-state index in [1.54, 1.807) is 0 Å². The summed E-state index contributed by atoms with van der Waals surface area (Å²) in [5.74, 6) is 0.0571. The number of aryl methyl sites for hydroxylation is 1. The van der Waals surface area contributed by atoms with Crippen LogP contribution in [0.2, 0.25) is 0 Å². The summed E-state index contributed by atoms with van der Waals surface area (Å²) < 4.78 is 5.80. The van der Waals surface area contributed by atoms with Crippen molar-refractivity contribution < 1.29 is 9.53 Å². The third-order valence-electron chi connectivity index (χ3n) is 4.30. The summed E-state index contributed by atoms with van der Waals surface area (Å²) >= 11 is 0. The SMILES string of the molecule is Cc1cc(N)ccc1NC(=O)CCN1CC2CCC(C1)O2. The number of likely N-dealkylation sites (tertiary alicyclic amines) is 1. The highest BCUT2D eigenvalue weighted by molar-refractivity contribution is 5.91. The number of morpholine rings is 1. The number of carbonyl (C=O) groups is 1. The number of hydrogen-bond acceptors (Lipinski definition) is 4. The van der Waals surface area contributed by atoms with Crippen LogP contribution in [0.15, 0.2) is 18.2 Å². The second-order valence-electron chi connectivity index (χ2n) is 6.09. The molecule has 3 rings (SSSR count). The largest absolute Gasteiger partial charge is 0.399 e. The van der Waals surface area contributed by atoms with Crippen molar-refractivity contribution in [2.45, 2.75) is 38.4 Å². The Morgan fingerprint density at radius 2 is 2.10 bits per heavy atom. The minimum absolute atomic E-state index is 0.0571. The van der Waals surface area contributed by atoms with Crippen LogP contribution in [0.4, 0.5) is 11.4 Å². The van der Waals surface area contributed by atoms with Crippen LogP contribution in [0.5, 0.6) is 0 Å². The van der Waals surface area contributed by atoms with Gasteiger partial charge in [-0.3, -0.25) is 9.69 Å². The molecule has 0 spiro atoms. The van der Waals surface area contributed by atoms with Gasteiger partial charge in [0.15, 0.2) is 0 Å². The maximum atomic E-state index is 12.1. The number of nitrogens with one attached hydrogen (secondary N) is 1. The van der Waals surface area contributed by atoms with Crippen LogP contribution in [0, 0.1) is 6.92 Å². The van der Waals surface area contributed by atoms with E-state index in [2.05, 4.69) is 10.2 Å². The van der Waals surface area contributed by atoms with Gasteiger partial charge in [0.05, 0.1) is 12.2 Å². The Morgan fingerprint density at radius 1 is 1.38 bits per heavy atom. The van der Waals surface area contributed by atoms with Crippen molar-refractivity contribution in [1.82, 2.24) is 4.90 Å². The Kier molecular flexibility index (Phi) is 4.12. The number of carbonyl (C=O) groups excluding carboxylic acids is 1. The van der Waals surface area contributed by atoms with E-state index < -0.39 is 0 Å². The average molecular weight is 289 g/mol. The summed E-state index contributed by atoms with van der Waals surface area (Å²) in [6.45, 7) is 4.68. The molecule has 0 radical (unpaired) electrons. The van der Waals surface area contributed by atoms with E-state index in [4.69, 9.17) is 10.5 Å². The number of nitrogen functional groups attached to an aromatic ring is 1. The molecule has 2 unspecified atom stereocenters. The quantitative estimate of drug-likeness (QED) is 0.829. The zero-order valence-electron chi connectivity index (χ0n) is 12.5. The summed E-state index contributed by atoms with van der Waals surface area (Å²) in [5, 5.41) is 2.96. The van der Waals surface area contributed by atoms with Gasteiger partial charge in [0.25, 0.3) is 0 Å². The standard InChI is InChI=1S/C16H23N3O2/c1-11-8-12(17)2-5-15(11)18-16(20)6-7-19-9-13-3-4-14(10-19)21-13/h2,5,8,13-14H,3-4,6-7,9-10,17H2,1H3,(H,18,20). The van der Waals surface area contributed by atoms with Gasteiger partial charge in [-0.2, -0.15) is 0 Å². The molecule has 0 aliphatic carbocycles. The first-order chi connectivity index (χ1) is 10.1. The lowest BCUT2D eigenvalue weighted by molar-refractivity contribution is -0.117. The molecule has 2 heterocycles. The van der Waals surface area contributed by atoms with Gasteiger partial charge in [0.2, 0.25) is 5.91 Å². The molecule has 1 aromatic rings. The normalized spacial score (nSPS) is 25.0. The predicted octanol–water partition coefficient (Wildman–Crippen LogP) is 1.77. The second-order valence-corrected chi connectivity index (χ2v) is 6.09. The van der Waals surface area contributed by atoms with E-state index in [9.17, 15) is 4.79 Å². The summed E-state index contributed by atoms with van der Waals surface area (Å²) in [5.41, 5.74) is 8.27. The highest BCUT2D eigenvalue weighted by atomic mass is 16.5. The molecule has 2 aliphatic heterocycles. The Labute approximate surface area is 125 Å². The van der Waals surface area contributed by atoms with Crippen LogP contribution in [0.3, 0.4) is 0 Å². The lowest BCUT2D eigenvalue weighted by atomic mass is 10.1. The molecule has 0 aromatic heterocycles. The molecule has 2 fully saturated rings. The van der Waals surface area contributed by atoms with Crippen LogP contribution in [0.1, 0.15) is 24.8 Å². The van der Waals surface area contributed by atoms with Gasteiger partial charge in [0.1, 0.15) is 0 Å². The molecule has 3 N–H and O–H groups in total. The van der Waals surface area contributed by atoms with E-state index in [1.165, 1.54) is 0 Å². The Morgan fingerprint density at radius 3 is 2.76 bits per heavy atom. The number of benzene rings is 1. The van der Waals surface area contributed by atoms with Gasteiger partial charge in [-0.05, 0) is 43.5 Å². The van der Waals surface area contributed by atoms with Crippen molar-refractivity contribution in [3.63, 3.8) is 0 Å². The Bertz CT molecular complexity index is 520. The molecule has 5 nitrogen and oxygen atoms in total. The molecule has 2 bridgehead atoms. The smallest absolute Gasteiger partial charge is 0.225 e. The lowest BCUT2D eigenvalue weighted by Gasteiger charge is -2.31. The average Bonchev–Trinajstić information content (AvgIpc) is 2.79. The minimum atomic E-state index is 0.0571. The number of hydrogen-bond donors (Lipinski definition) is 2. The maximum absolute atomic E-state index is 12.1. The Hall–Kier alpha value is -1.59. The number of rotatable bonds is 4. The summed E-state index contributed by atoms with van der Waals surface area (Å²) in [7, 11) is 0. The molecule has 21 heavy (non-hydrogen) atoms. The molecule has 2 saturated heterocycles. The molecule has 0 saturated carbocycles. The lowest BCUT2D eigenvalue weighted by Crippen LogP contribution is -2.43. The van der Waals surface area contributed by atoms with Crippen molar-refractivity contribution in [2.24, 2.45) is 0 Å². The fraction of sp³-hybridized carbons (Fsp3) is 0.562. The third-order valence-corrected chi connectivity index (χ3v) is 4.30. The zero-order valence-corrected chi connectivity index (χ0v) is 12.5. The molecule has 5 heteroatoms. The highest BCUT2D eigenvalue weighted by Gasteiger charge is 2.33. The van der Waals surface area contributed by atoms with Crippen LogP contribution < -0.4 is 11.1 Å². The molecular weight excluding hydrogens is 266 g/mol. The van der Waals surface area contributed by atoms with Gasteiger partial charge in [-0.25, -0.2) is 0 Å². The molecule has 114 valence electrons. The van der Waals surface area contributed by atoms with Gasteiger partial charge >= 0.3 is 0 Å². The first-order valence-corrected chi connectivity index (χ1v) is 7.64. The predicted molar refractivity (Wildman–Crippen MR) is 83.2 cm³/mol. The van der Waals surface area contributed by atoms with E-state index in [0.717, 1.165) is 43.7 Å². The minimum Gasteiger partial charge on any atom is -0.399 e. The fourth-order valence-electron chi connectivity index (χ4n) is 3.18. The van der Waals surface area contributed by atoms with Crippen molar-refractivity contribution in [2.75, 3.05) is 30.7 Å². The zero-order chi connectivity index (χ0) is 14.8. The highest BCUT2D eigenvalue weighted by Crippen LogP contribution is 2.26. The van der Waals surface area contributed by atoms with E-state index in [-0.39, 0.29) is 5.91 Å². The van der Waals surface area contributed by atoms with Crippen LogP contribution in [-0.4, -0.2) is 42.6 Å². The van der Waals surface area contributed by atoms with E-state index in [0.29, 0.717) is 24.3 Å². The third kappa shape index (κ3) is 3.54. The summed E-state index contributed by atoms with van der Waals surface area (Å²) in [4.78, 5) is 14.4. The maximum Gasteiger partial charge on any atom is 0.225 e. The molecule has 2 atom stereocenters. The van der Waals surface area contributed by atoms with Crippen molar-refractivity contribution >= 4 is 17.3 Å². The number of nitrogens with two attached hydrogens (primary N) is 1.